The number of amides is 1. The summed E-state index contributed by atoms with van der Waals surface area (Å²) in [7, 11) is 0. The fraction of sp³-hybridized carbons (Fsp3) is 0.625. The van der Waals surface area contributed by atoms with Crippen LogP contribution in [-0.2, 0) is 4.79 Å². The van der Waals surface area contributed by atoms with Gasteiger partial charge in [0, 0.05) is 12.2 Å². The molecule has 12 heavy (non-hydrogen) atoms. The van der Waals surface area contributed by atoms with E-state index in [4.69, 9.17) is 5.73 Å². The molecule has 2 atom stereocenters. The van der Waals surface area contributed by atoms with E-state index >= 15 is 0 Å². The van der Waals surface area contributed by atoms with Crippen LogP contribution in [0.5, 0.6) is 0 Å². The molecule has 0 aromatic heterocycles. The van der Waals surface area contributed by atoms with Gasteiger partial charge in [-0.3, -0.25) is 4.79 Å². The highest BCUT2D eigenvalue weighted by Gasteiger charge is 2.33. The van der Waals surface area contributed by atoms with Crippen LogP contribution in [-0.4, -0.2) is 23.0 Å². The number of allylic oxidation sites excluding steroid dienone is 1. The van der Waals surface area contributed by atoms with Crippen molar-refractivity contribution in [1.29, 1.82) is 0 Å². The van der Waals surface area contributed by atoms with Crippen LogP contribution in [0.25, 0.3) is 0 Å². The number of rotatable bonds is 1. The van der Waals surface area contributed by atoms with Gasteiger partial charge in [0.15, 0.2) is 0 Å². The number of hydrogen-bond donors (Lipinski definition) is 2. The quantitative estimate of drug-likeness (QED) is 0.565. The molecule has 1 saturated heterocycles. The molecule has 2 aliphatic heterocycles. The van der Waals surface area contributed by atoms with Gasteiger partial charge in [-0.2, -0.15) is 0 Å². The van der Waals surface area contributed by atoms with Gasteiger partial charge in [0.25, 0.3) is 0 Å². The number of carbonyl (C=O) groups is 1. The zero-order valence-electron chi connectivity index (χ0n) is 6.86. The normalized spacial score (nSPS) is 33.5. The number of nitrogens with one attached hydrogen (secondary N) is 1. The van der Waals surface area contributed by atoms with Gasteiger partial charge in [0.05, 0.1) is 0 Å². The maximum absolute atomic E-state index is 10.9. The van der Waals surface area contributed by atoms with E-state index in [1.54, 1.807) is 0 Å². The molecular formula is C8H13N3O. The van der Waals surface area contributed by atoms with Crippen molar-refractivity contribution in [2.75, 3.05) is 0 Å². The molecule has 1 amide bonds. The van der Waals surface area contributed by atoms with Crippen LogP contribution in [0.15, 0.2) is 12.3 Å². The van der Waals surface area contributed by atoms with Crippen molar-refractivity contribution in [3.63, 3.8) is 0 Å². The molecule has 3 N–H and O–H groups in total. The predicted molar refractivity (Wildman–Crippen MR) is 44.7 cm³/mol. The Hall–Kier alpha value is -1.03. The summed E-state index contributed by atoms with van der Waals surface area (Å²) in [4.78, 5) is 10.9. The van der Waals surface area contributed by atoms with Crippen LogP contribution in [0.3, 0.4) is 0 Å². The van der Waals surface area contributed by atoms with Crippen molar-refractivity contribution in [3.05, 3.63) is 12.3 Å². The Morgan fingerprint density at radius 3 is 3.17 bits per heavy atom. The first kappa shape index (κ1) is 7.61. The lowest BCUT2D eigenvalue weighted by Gasteiger charge is -2.24. The van der Waals surface area contributed by atoms with E-state index in [0.717, 1.165) is 19.3 Å². The average Bonchev–Trinajstić information content (AvgIpc) is 2.46. The SMILES string of the molecule is NC(=O)C1CC2CCC=CN2N1. The molecule has 4 nitrogen and oxygen atoms in total. The van der Waals surface area contributed by atoms with Crippen LogP contribution in [0, 0.1) is 0 Å². The highest BCUT2D eigenvalue weighted by Crippen LogP contribution is 2.22. The fourth-order valence-corrected chi connectivity index (χ4v) is 1.80. The Balaban J connectivity index is 2.05. The summed E-state index contributed by atoms with van der Waals surface area (Å²) in [6.45, 7) is 0. The van der Waals surface area contributed by atoms with Crippen LogP contribution >= 0.6 is 0 Å². The maximum atomic E-state index is 10.9. The van der Waals surface area contributed by atoms with Gasteiger partial charge in [-0.15, -0.1) is 0 Å². The van der Waals surface area contributed by atoms with Crippen molar-refractivity contribution >= 4 is 5.91 Å². The van der Waals surface area contributed by atoms with E-state index in [0.29, 0.717) is 6.04 Å². The van der Waals surface area contributed by atoms with Crippen LogP contribution < -0.4 is 11.2 Å². The molecule has 2 aliphatic rings. The Morgan fingerprint density at radius 2 is 2.50 bits per heavy atom. The van der Waals surface area contributed by atoms with Gasteiger partial charge in [-0.1, -0.05) is 6.08 Å². The highest BCUT2D eigenvalue weighted by molar-refractivity contribution is 5.80. The monoisotopic (exact) mass is 167 g/mol. The highest BCUT2D eigenvalue weighted by atomic mass is 16.1. The molecule has 0 aliphatic carbocycles. The second kappa shape index (κ2) is 2.79. The molecule has 0 aromatic carbocycles. The summed E-state index contributed by atoms with van der Waals surface area (Å²) in [6.07, 6.45) is 7.17. The molecule has 0 bridgehead atoms. The summed E-state index contributed by atoms with van der Waals surface area (Å²) >= 11 is 0. The van der Waals surface area contributed by atoms with Crippen molar-refractivity contribution in [3.8, 4) is 0 Å². The van der Waals surface area contributed by atoms with Crippen molar-refractivity contribution < 1.29 is 4.79 Å². The molecule has 0 spiro atoms. The summed E-state index contributed by atoms with van der Waals surface area (Å²) in [6, 6.07) is 0.297. The third-order valence-electron chi connectivity index (χ3n) is 2.48. The van der Waals surface area contributed by atoms with Gasteiger partial charge in [-0.05, 0) is 19.3 Å². The Bertz CT molecular complexity index is 226. The zero-order valence-corrected chi connectivity index (χ0v) is 6.86. The molecule has 2 unspecified atom stereocenters. The zero-order chi connectivity index (χ0) is 8.55. The number of nitrogens with zero attached hydrogens (tertiary/aromatic N) is 1. The smallest absolute Gasteiger partial charge is 0.236 e. The van der Waals surface area contributed by atoms with E-state index in [2.05, 4.69) is 11.5 Å². The van der Waals surface area contributed by atoms with E-state index in [9.17, 15) is 4.79 Å². The lowest BCUT2D eigenvalue weighted by atomic mass is 10.0. The standard InChI is InChI=1S/C8H13N3O/c9-8(12)7-5-6-3-1-2-4-11(6)10-7/h2,4,6-7,10H,1,3,5H2,(H2,9,12). The number of primary amides is 1. The number of hydrazine groups is 1. The third kappa shape index (κ3) is 1.18. The van der Waals surface area contributed by atoms with E-state index in [1.165, 1.54) is 0 Å². The topological polar surface area (TPSA) is 58.4 Å². The predicted octanol–water partition coefficient (Wildman–Crippen LogP) is -0.273. The van der Waals surface area contributed by atoms with Gasteiger partial charge in [-0.25, -0.2) is 5.43 Å². The molecule has 66 valence electrons. The first-order valence-electron chi connectivity index (χ1n) is 4.28. The van der Waals surface area contributed by atoms with Crippen LogP contribution in [0.2, 0.25) is 0 Å². The number of hydrogen-bond acceptors (Lipinski definition) is 3. The van der Waals surface area contributed by atoms with E-state index < -0.39 is 0 Å². The Morgan fingerprint density at radius 1 is 1.67 bits per heavy atom. The molecule has 0 saturated carbocycles. The number of fused-ring (bicyclic) bond motifs is 1. The summed E-state index contributed by atoms with van der Waals surface area (Å²) < 4.78 is 0. The molecule has 2 heterocycles. The summed E-state index contributed by atoms with van der Waals surface area (Å²) in [5.41, 5.74) is 8.26. The minimum Gasteiger partial charge on any atom is -0.368 e. The summed E-state index contributed by atoms with van der Waals surface area (Å²) in [5.74, 6) is -0.252. The van der Waals surface area contributed by atoms with Crippen LogP contribution in [0.1, 0.15) is 19.3 Å². The minimum atomic E-state index is -0.252. The molecule has 2 rings (SSSR count). The van der Waals surface area contributed by atoms with E-state index in [-0.39, 0.29) is 11.9 Å². The molecule has 0 radical (unpaired) electrons. The van der Waals surface area contributed by atoms with Gasteiger partial charge < -0.3 is 10.7 Å². The molecular weight excluding hydrogens is 154 g/mol. The Labute approximate surface area is 71.4 Å². The lowest BCUT2D eigenvalue weighted by Crippen LogP contribution is -2.41. The average molecular weight is 167 g/mol. The van der Waals surface area contributed by atoms with Gasteiger partial charge >= 0.3 is 0 Å². The Kier molecular flexibility index (Phi) is 1.77. The van der Waals surface area contributed by atoms with Gasteiger partial charge in [0.1, 0.15) is 6.04 Å². The van der Waals surface area contributed by atoms with Crippen molar-refractivity contribution in [2.24, 2.45) is 5.73 Å². The largest absolute Gasteiger partial charge is 0.368 e. The minimum absolute atomic E-state index is 0.169. The number of carbonyl (C=O) groups excluding carboxylic acids is 1. The molecule has 1 fully saturated rings. The molecule has 0 aromatic rings. The van der Waals surface area contributed by atoms with Crippen molar-refractivity contribution in [2.45, 2.75) is 31.3 Å². The van der Waals surface area contributed by atoms with Gasteiger partial charge in [0.2, 0.25) is 5.91 Å². The maximum Gasteiger partial charge on any atom is 0.236 e. The first-order chi connectivity index (χ1) is 5.77. The van der Waals surface area contributed by atoms with Crippen molar-refractivity contribution in [1.82, 2.24) is 10.4 Å². The third-order valence-corrected chi connectivity index (χ3v) is 2.48. The molecule has 4 heteroatoms. The van der Waals surface area contributed by atoms with E-state index in [1.807, 2.05) is 11.2 Å². The van der Waals surface area contributed by atoms with Crippen LogP contribution in [0.4, 0.5) is 0 Å². The fourth-order valence-electron chi connectivity index (χ4n) is 1.80. The lowest BCUT2D eigenvalue weighted by molar-refractivity contribution is -0.120. The second-order valence-electron chi connectivity index (χ2n) is 3.34. The first-order valence-corrected chi connectivity index (χ1v) is 4.28. The number of nitrogens with two attached hydrogens (primary N) is 1. The second-order valence-corrected chi connectivity index (χ2v) is 3.34. The summed E-state index contributed by atoms with van der Waals surface area (Å²) in [5, 5.41) is 2.00.